The van der Waals surface area contributed by atoms with E-state index in [1.54, 1.807) is 0 Å². The summed E-state index contributed by atoms with van der Waals surface area (Å²) in [5, 5.41) is 9.90. The quantitative estimate of drug-likeness (QED) is 0.881. The second-order valence-corrected chi connectivity index (χ2v) is 4.30. The zero-order valence-electron chi connectivity index (χ0n) is 9.81. The van der Waals surface area contributed by atoms with Gasteiger partial charge < -0.3 is 5.11 Å². The monoisotopic (exact) mass is 248 g/mol. The lowest BCUT2D eigenvalue weighted by atomic mass is 10.0. The van der Waals surface area contributed by atoms with Gasteiger partial charge in [-0.1, -0.05) is 36.4 Å². The second kappa shape index (κ2) is 5.74. The van der Waals surface area contributed by atoms with Crippen LogP contribution in [0.3, 0.4) is 0 Å². The minimum absolute atomic E-state index is 0.312. The predicted octanol–water partition coefficient (Wildman–Crippen LogP) is 3.11. The number of benzene rings is 2. The second-order valence-electron chi connectivity index (χ2n) is 4.30. The van der Waals surface area contributed by atoms with E-state index in [0.29, 0.717) is 18.4 Å². The third-order valence-corrected chi connectivity index (χ3v) is 2.77. The summed E-state index contributed by atoms with van der Waals surface area (Å²) in [5.74, 6) is -1.74. The lowest BCUT2D eigenvalue weighted by Crippen LogP contribution is -2.14. The van der Waals surface area contributed by atoms with Gasteiger partial charge in [0.2, 0.25) is 0 Å². The number of aliphatic hydroxyl groups excluding tert-OH is 1. The van der Waals surface area contributed by atoms with Gasteiger partial charge in [0.05, 0.1) is 6.10 Å². The molecule has 0 saturated carbocycles. The SMILES string of the molecule is OC(Cc1ccccc1)Cc1ccc(F)c(F)c1. The van der Waals surface area contributed by atoms with E-state index < -0.39 is 17.7 Å². The van der Waals surface area contributed by atoms with Crippen molar-refractivity contribution in [3.05, 3.63) is 71.3 Å². The maximum Gasteiger partial charge on any atom is 0.159 e. The zero-order chi connectivity index (χ0) is 13.0. The van der Waals surface area contributed by atoms with Gasteiger partial charge in [-0.3, -0.25) is 0 Å². The first-order valence-corrected chi connectivity index (χ1v) is 5.81. The molecule has 1 atom stereocenters. The van der Waals surface area contributed by atoms with Crippen LogP contribution in [0.1, 0.15) is 11.1 Å². The summed E-state index contributed by atoms with van der Waals surface area (Å²) in [4.78, 5) is 0. The summed E-state index contributed by atoms with van der Waals surface area (Å²) >= 11 is 0. The largest absolute Gasteiger partial charge is 0.392 e. The Morgan fingerprint density at radius 2 is 1.50 bits per heavy atom. The molecular formula is C15H14F2O. The first-order chi connectivity index (χ1) is 8.65. The third kappa shape index (κ3) is 3.37. The van der Waals surface area contributed by atoms with Crippen molar-refractivity contribution < 1.29 is 13.9 Å². The fraction of sp³-hybridized carbons (Fsp3) is 0.200. The van der Waals surface area contributed by atoms with E-state index in [-0.39, 0.29) is 0 Å². The van der Waals surface area contributed by atoms with Gasteiger partial charge in [0.15, 0.2) is 11.6 Å². The molecule has 0 heterocycles. The Kier molecular flexibility index (Phi) is 4.05. The topological polar surface area (TPSA) is 20.2 Å². The fourth-order valence-corrected chi connectivity index (χ4v) is 1.90. The molecule has 1 nitrogen and oxygen atoms in total. The van der Waals surface area contributed by atoms with Crippen molar-refractivity contribution in [1.82, 2.24) is 0 Å². The molecule has 2 aromatic carbocycles. The van der Waals surface area contributed by atoms with E-state index in [1.807, 2.05) is 30.3 Å². The smallest absolute Gasteiger partial charge is 0.159 e. The Bertz CT molecular complexity index is 511. The van der Waals surface area contributed by atoms with Crippen molar-refractivity contribution in [2.45, 2.75) is 18.9 Å². The van der Waals surface area contributed by atoms with E-state index in [0.717, 1.165) is 17.7 Å². The van der Waals surface area contributed by atoms with Crippen LogP contribution in [0.2, 0.25) is 0 Å². The average Bonchev–Trinajstić information content (AvgIpc) is 2.35. The van der Waals surface area contributed by atoms with Crippen LogP contribution in [0.4, 0.5) is 8.78 Å². The molecule has 3 heteroatoms. The highest BCUT2D eigenvalue weighted by Crippen LogP contribution is 2.12. The first kappa shape index (κ1) is 12.7. The molecular weight excluding hydrogens is 234 g/mol. The molecule has 0 amide bonds. The molecule has 0 saturated heterocycles. The normalized spacial score (nSPS) is 12.4. The minimum atomic E-state index is -0.876. The molecule has 0 aromatic heterocycles. The zero-order valence-corrected chi connectivity index (χ0v) is 9.81. The molecule has 1 N–H and O–H groups in total. The van der Waals surface area contributed by atoms with Crippen LogP contribution in [0, 0.1) is 11.6 Å². The van der Waals surface area contributed by atoms with Crippen LogP contribution in [-0.2, 0) is 12.8 Å². The van der Waals surface area contributed by atoms with Crippen LogP contribution in [-0.4, -0.2) is 11.2 Å². The summed E-state index contributed by atoms with van der Waals surface area (Å²) in [6, 6.07) is 13.3. The Hall–Kier alpha value is -1.74. The number of rotatable bonds is 4. The molecule has 1 unspecified atom stereocenters. The minimum Gasteiger partial charge on any atom is -0.392 e. The van der Waals surface area contributed by atoms with E-state index in [4.69, 9.17) is 0 Å². The molecule has 0 bridgehead atoms. The molecule has 2 aromatic rings. The number of halogens is 2. The maximum atomic E-state index is 13.0. The van der Waals surface area contributed by atoms with Gasteiger partial charge in [-0.15, -0.1) is 0 Å². The van der Waals surface area contributed by atoms with Gasteiger partial charge in [0, 0.05) is 0 Å². The highest BCUT2D eigenvalue weighted by Gasteiger charge is 2.09. The third-order valence-electron chi connectivity index (χ3n) is 2.77. The van der Waals surface area contributed by atoms with Crippen LogP contribution in [0.5, 0.6) is 0 Å². The van der Waals surface area contributed by atoms with Crippen molar-refractivity contribution >= 4 is 0 Å². The van der Waals surface area contributed by atoms with Crippen LogP contribution >= 0.6 is 0 Å². The molecule has 0 aliphatic heterocycles. The number of aliphatic hydroxyl groups is 1. The lowest BCUT2D eigenvalue weighted by molar-refractivity contribution is 0.175. The molecule has 0 radical (unpaired) electrons. The molecule has 0 spiro atoms. The maximum absolute atomic E-state index is 13.0. The highest BCUT2D eigenvalue weighted by molar-refractivity contribution is 5.20. The molecule has 0 aliphatic rings. The van der Waals surface area contributed by atoms with Gasteiger partial charge >= 0.3 is 0 Å². The number of hydrogen-bond acceptors (Lipinski definition) is 1. The van der Waals surface area contributed by atoms with Gasteiger partial charge in [-0.25, -0.2) is 8.78 Å². The van der Waals surface area contributed by atoms with Gasteiger partial charge in [0.25, 0.3) is 0 Å². The van der Waals surface area contributed by atoms with E-state index in [2.05, 4.69) is 0 Å². The van der Waals surface area contributed by atoms with Crippen LogP contribution in [0.15, 0.2) is 48.5 Å². The Balaban J connectivity index is 1.99. The number of hydrogen-bond donors (Lipinski definition) is 1. The Morgan fingerprint density at radius 3 is 2.17 bits per heavy atom. The predicted molar refractivity (Wildman–Crippen MR) is 66.2 cm³/mol. The molecule has 94 valence electrons. The van der Waals surface area contributed by atoms with Gasteiger partial charge in [-0.2, -0.15) is 0 Å². The highest BCUT2D eigenvalue weighted by atomic mass is 19.2. The van der Waals surface area contributed by atoms with E-state index in [9.17, 15) is 13.9 Å². The van der Waals surface area contributed by atoms with Crippen LogP contribution in [0.25, 0.3) is 0 Å². The van der Waals surface area contributed by atoms with Crippen molar-refractivity contribution in [3.63, 3.8) is 0 Å². The van der Waals surface area contributed by atoms with E-state index >= 15 is 0 Å². The average molecular weight is 248 g/mol. The molecule has 2 rings (SSSR count). The van der Waals surface area contributed by atoms with Crippen molar-refractivity contribution in [1.29, 1.82) is 0 Å². The summed E-state index contributed by atoms with van der Waals surface area (Å²) in [6.45, 7) is 0. The Morgan fingerprint density at radius 1 is 0.833 bits per heavy atom. The first-order valence-electron chi connectivity index (χ1n) is 5.81. The Labute approximate surface area is 105 Å². The molecule has 0 aliphatic carbocycles. The summed E-state index contributed by atoms with van der Waals surface area (Å²) in [6.07, 6.45) is 0.212. The van der Waals surface area contributed by atoms with Crippen molar-refractivity contribution in [3.8, 4) is 0 Å². The van der Waals surface area contributed by atoms with Crippen molar-refractivity contribution in [2.75, 3.05) is 0 Å². The lowest BCUT2D eigenvalue weighted by Gasteiger charge is -2.11. The van der Waals surface area contributed by atoms with Crippen LogP contribution < -0.4 is 0 Å². The standard InChI is InChI=1S/C15H14F2O/c16-14-7-6-12(10-15(14)17)9-13(18)8-11-4-2-1-3-5-11/h1-7,10,13,18H,8-9H2. The summed E-state index contributed by atoms with van der Waals surface area (Å²) in [7, 11) is 0. The summed E-state index contributed by atoms with van der Waals surface area (Å²) in [5.41, 5.74) is 1.62. The molecule has 0 fully saturated rings. The fourth-order valence-electron chi connectivity index (χ4n) is 1.90. The molecule has 18 heavy (non-hydrogen) atoms. The van der Waals surface area contributed by atoms with Gasteiger partial charge in [-0.05, 0) is 36.1 Å². The van der Waals surface area contributed by atoms with E-state index in [1.165, 1.54) is 6.07 Å². The summed E-state index contributed by atoms with van der Waals surface area (Å²) < 4.78 is 25.7. The van der Waals surface area contributed by atoms with Gasteiger partial charge in [0.1, 0.15) is 0 Å². The van der Waals surface area contributed by atoms with Crippen molar-refractivity contribution in [2.24, 2.45) is 0 Å².